The quantitative estimate of drug-likeness (QED) is 0.677. The lowest BCUT2D eigenvalue weighted by molar-refractivity contribution is 0.112. The zero-order valence-corrected chi connectivity index (χ0v) is 11.7. The first kappa shape index (κ1) is 12.3. The molecule has 4 rings (SSSR count). The zero-order valence-electron chi connectivity index (χ0n) is 11.7. The summed E-state index contributed by atoms with van der Waals surface area (Å²) in [6, 6.07) is 14.1. The molecule has 1 aliphatic carbocycles. The van der Waals surface area contributed by atoms with Crippen molar-refractivity contribution in [2.24, 2.45) is 5.92 Å². The molecule has 0 amide bonds. The first-order valence-corrected chi connectivity index (χ1v) is 7.35. The molecule has 0 atom stereocenters. The molecule has 1 aromatic heterocycles. The first-order chi connectivity index (χ1) is 10.3. The number of benzene rings is 2. The lowest BCUT2D eigenvalue weighted by Crippen LogP contribution is -2.00. The maximum absolute atomic E-state index is 10.7. The van der Waals surface area contributed by atoms with Gasteiger partial charge in [-0.05, 0) is 42.0 Å². The molecule has 1 fully saturated rings. The molecular formula is C18H16N2O. The Kier molecular flexibility index (Phi) is 2.85. The van der Waals surface area contributed by atoms with Crippen molar-refractivity contribution < 1.29 is 4.79 Å². The van der Waals surface area contributed by atoms with E-state index in [1.165, 1.54) is 23.7 Å². The normalized spacial score (nSPS) is 14.5. The lowest BCUT2D eigenvalue weighted by atomic mass is 10.0. The van der Waals surface area contributed by atoms with Crippen LogP contribution in [0.2, 0.25) is 0 Å². The highest BCUT2D eigenvalue weighted by molar-refractivity contribution is 5.85. The highest BCUT2D eigenvalue weighted by Gasteiger charge is 2.22. The fourth-order valence-electron chi connectivity index (χ4n) is 2.71. The van der Waals surface area contributed by atoms with Crippen LogP contribution in [0.1, 0.15) is 23.2 Å². The van der Waals surface area contributed by atoms with Crippen molar-refractivity contribution in [3.05, 3.63) is 54.2 Å². The second-order valence-corrected chi connectivity index (χ2v) is 5.78. The molecule has 0 saturated heterocycles. The minimum atomic E-state index is 0.706. The van der Waals surface area contributed by atoms with Gasteiger partial charge in [0.1, 0.15) is 6.29 Å². The molecule has 21 heavy (non-hydrogen) atoms. The van der Waals surface area contributed by atoms with Gasteiger partial charge in [0.15, 0.2) is 0 Å². The molecule has 3 nitrogen and oxygen atoms in total. The summed E-state index contributed by atoms with van der Waals surface area (Å²) in [6.07, 6.45) is 5.49. The van der Waals surface area contributed by atoms with Gasteiger partial charge in [-0.2, -0.15) is 5.10 Å². The Morgan fingerprint density at radius 1 is 1.10 bits per heavy atom. The number of nitrogens with zero attached hydrogens (tertiary/aromatic N) is 2. The van der Waals surface area contributed by atoms with Gasteiger partial charge in [0, 0.05) is 17.5 Å². The fourth-order valence-corrected chi connectivity index (χ4v) is 2.71. The van der Waals surface area contributed by atoms with Gasteiger partial charge in [0.05, 0.1) is 11.7 Å². The molecule has 0 N–H and O–H groups in total. The predicted octanol–water partition coefficient (Wildman–Crippen LogP) is 3.93. The summed E-state index contributed by atoms with van der Waals surface area (Å²) in [6.45, 7) is 1.04. The maximum Gasteiger partial charge on any atom is 0.150 e. The fraction of sp³-hybridized carbons (Fsp3) is 0.222. The Balaban J connectivity index is 1.70. The molecule has 1 heterocycles. The monoisotopic (exact) mass is 276 g/mol. The molecular weight excluding hydrogens is 260 g/mol. The minimum absolute atomic E-state index is 0.706. The van der Waals surface area contributed by atoms with E-state index in [2.05, 4.69) is 28.0 Å². The minimum Gasteiger partial charge on any atom is -0.298 e. The van der Waals surface area contributed by atoms with Crippen molar-refractivity contribution in [3.8, 4) is 11.1 Å². The van der Waals surface area contributed by atoms with Crippen LogP contribution in [0.15, 0.2) is 48.7 Å². The van der Waals surface area contributed by atoms with E-state index in [1.54, 1.807) is 0 Å². The summed E-state index contributed by atoms with van der Waals surface area (Å²) in [4.78, 5) is 10.7. The third kappa shape index (κ3) is 2.35. The van der Waals surface area contributed by atoms with Crippen LogP contribution >= 0.6 is 0 Å². The Hall–Kier alpha value is -2.42. The Morgan fingerprint density at radius 3 is 2.57 bits per heavy atom. The van der Waals surface area contributed by atoms with Crippen LogP contribution in [0.25, 0.3) is 22.0 Å². The third-order valence-electron chi connectivity index (χ3n) is 4.15. The number of hydrogen-bond donors (Lipinski definition) is 0. The Morgan fingerprint density at radius 2 is 1.86 bits per heavy atom. The molecule has 3 heteroatoms. The molecule has 104 valence electrons. The van der Waals surface area contributed by atoms with Crippen molar-refractivity contribution in [1.82, 2.24) is 9.78 Å². The molecule has 2 aromatic carbocycles. The number of rotatable bonds is 4. The molecule has 0 radical (unpaired) electrons. The Bertz CT molecular complexity index is 798. The summed E-state index contributed by atoms with van der Waals surface area (Å²) < 4.78 is 2.12. The van der Waals surface area contributed by atoms with E-state index < -0.39 is 0 Å². The van der Waals surface area contributed by atoms with Gasteiger partial charge in [0.2, 0.25) is 0 Å². The van der Waals surface area contributed by atoms with Gasteiger partial charge < -0.3 is 0 Å². The van der Waals surface area contributed by atoms with E-state index in [4.69, 9.17) is 0 Å². The predicted molar refractivity (Wildman–Crippen MR) is 83.3 cm³/mol. The second-order valence-electron chi connectivity index (χ2n) is 5.78. The smallest absolute Gasteiger partial charge is 0.150 e. The second kappa shape index (κ2) is 4.85. The summed E-state index contributed by atoms with van der Waals surface area (Å²) in [7, 11) is 0. The number of aromatic nitrogens is 2. The van der Waals surface area contributed by atoms with Crippen LogP contribution < -0.4 is 0 Å². The van der Waals surface area contributed by atoms with Crippen molar-refractivity contribution in [2.75, 3.05) is 0 Å². The molecule has 0 bridgehead atoms. The van der Waals surface area contributed by atoms with Crippen LogP contribution in [0.5, 0.6) is 0 Å². The van der Waals surface area contributed by atoms with Crippen molar-refractivity contribution >= 4 is 17.2 Å². The highest BCUT2D eigenvalue weighted by atomic mass is 16.1. The summed E-state index contributed by atoms with van der Waals surface area (Å²) in [5, 5.41) is 5.68. The molecule has 1 saturated carbocycles. The van der Waals surface area contributed by atoms with Crippen LogP contribution in [-0.4, -0.2) is 16.1 Å². The molecule has 0 spiro atoms. The molecule has 0 aliphatic heterocycles. The van der Waals surface area contributed by atoms with Crippen LogP contribution in [0, 0.1) is 5.92 Å². The number of aldehydes is 1. The Labute approximate surface area is 123 Å². The summed E-state index contributed by atoms with van der Waals surface area (Å²) >= 11 is 0. The summed E-state index contributed by atoms with van der Waals surface area (Å²) in [5.74, 6) is 0.823. The van der Waals surface area contributed by atoms with E-state index in [-0.39, 0.29) is 0 Å². The van der Waals surface area contributed by atoms with Crippen molar-refractivity contribution in [2.45, 2.75) is 19.4 Å². The average Bonchev–Trinajstić information content (AvgIpc) is 3.27. The maximum atomic E-state index is 10.7. The van der Waals surface area contributed by atoms with E-state index in [0.29, 0.717) is 5.56 Å². The third-order valence-corrected chi connectivity index (χ3v) is 4.15. The van der Waals surface area contributed by atoms with Gasteiger partial charge in [-0.1, -0.05) is 30.3 Å². The highest BCUT2D eigenvalue weighted by Crippen LogP contribution is 2.32. The summed E-state index contributed by atoms with van der Waals surface area (Å²) in [5.41, 5.74) is 4.19. The number of hydrogen-bond acceptors (Lipinski definition) is 2. The zero-order chi connectivity index (χ0) is 14.2. The van der Waals surface area contributed by atoms with E-state index >= 15 is 0 Å². The van der Waals surface area contributed by atoms with Gasteiger partial charge >= 0.3 is 0 Å². The van der Waals surface area contributed by atoms with Crippen LogP contribution in [0.3, 0.4) is 0 Å². The largest absolute Gasteiger partial charge is 0.298 e. The van der Waals surface area contributed by atoms with Crippen molar-refractivity contribution in [3.63, 3.8) is 0 Å². The van der Waals surface area contributed by atoms with E-state index in [9.17, 15) is 4.79 Å². The molecule has 0 unspecified atom stereocenters. The molecule has 3 aromatic rings. The van der Waals surface area contributed by atoms with E-state index in [0.717, 1.165) is 29.9 Å². The van der Waals surface area contributed by atoms with Crippen molar-refractivity contribution in [1.29, 1.82) is 0 Å². The van der Waals surface area contributed by atoms with Gasteiger partial charge in [-0.3, -0.25) is 9.48 Å². The number of carbonyl (C=O) groups is 1. The van der Waals surface area contributed by atoms with Gasteiger partial charge in [-0.25, -0.2) is 0 Å². The van der Waals surface area contributed by atoms with Gasteiger partial charge in [0.25, 0.3) is 0 Å². The van der Waals surface area contributed by atoms with Gasteiger partial charge in [-0.15, -0.1) is 0 Å². The average molecular weight is 276 g/mol. The van der Waals surface area contributed by atoms with Crippen LogP contribution in [0.4, 0.5) is 0 Å². The van der Waals surface area contributed by atoms with Crippen LogP contribution in [-0.2, 0) is 6.54 Å². The number of fused-ring (bicyclic) bond motifs is 1. The standard InChI is InChI=1S/C18H16N2O/c21-12-14-3-5-15(6-4-14)16-7-8-18-17(9-16)10-19-20(18)11-13-1-2-13/h3-10,12-13H,1-2,11H2. The number of carbonyl (C=O) groups excluding carboxylic acids is 1. The van der Waals surface area contributed by atoms with E-state index in [1.807, 2.05) is 30.5 Å². The SMILES string of the molecule is O=Cc1ccc(-c2ccc3c(cnn3CC3CC3)c2)cc1. The topological polar surface area (TPSA) is 34.9 Å². The first-order valence-electron chi connectivity index (χ1n) is 7.35. The molecule has 1 aliphatic rings. The lowest BCUT2D eigenvalue weighted by Gasteiger charge is -2.04.